The summed E-state index contributed by atoms with van der Waals surface area (Å²) in [6, 6.07) is 116. The molecule has 0 amide bonds. The van der Waals surface area contributed by atoms with Crippen molar-refractivity contribution in [1.29, 1.82) is 0 Å². The minimum absolute atomic E-state index is 0.0220. The standard InChI is InChI=1S/2C51H45NO.CHCl3/c2*1-50(2,3)37-27-21-34(22-28-37)45-33-44(35-25-31-41(32-26-35)52(39-15-9-7-10-16-39)40-17-11-8-12-18-40)46(36-23-29-38(30-24-36)51(4,5)6)47-42-19-13-14-20-43(42)49(53)48(45)47;2-1(3)4/h2*7-33H,1-6H3;1H. The third-order valence-electron chi connectivity index (χ3n) is 21.1. The normalized spacial score (nSPS) is 12.3. The Kier molecular flexibility index (Phi) is 21.4. The number of hydrogen-bond acceptors (Lipinski definition) is 4. The minimum atomic E-state index is -0.750. The Bertz CT molecular complexity index is 5200. The van der Waals surface area contributed by atoms with Gasteiger partial charge in [0.15, 0.2) is 15.9 Å². The summed E-state index contributed by atoms with van der Waals surface area (Å²) >= 11 is 14.4. The van der Waals surface area contributed by atoms with Gasteiger partial charge in [-0.3, -0.25) is 9.59 Å². The summed E-state index contributed by atoms with van der Waals surface area (Å²) in [5.74, 6) is 0.169. The number of benzene rings is 14. The topological polar surface area (TPSA) is 40.6 Å². The van der Waals surface area contributed by atoms with Gasteiger partial charge in [0.25, 0.3) is 0 Å². The summed E-state index contributed by atoms with van der Waals surface area (Å²) in [4.78, 5) is 33.6. The minimum Gasteiger partial charge on any atom is -0.311 e. The van der Waals surface area contributed by atoms with Crippen molar-refractivity contribution in [2.45, 2.75) is 109 Å². The van der Waals surface area contributed by atoms with E-state index in [1.807, 2.05) is 24.3 Å². The second-order valence-corrected chi connectivity index (χ2v) is 34.6. The van der Waals surface area contributed by atoms with Gasteiger partial charge in [0.2, 0.25) is 0 Å². The van der Waals surface area contributed by atoms with Gasteiger partial charge in [-0.05, 0) is 207 Å². The average Bonchev–Trinajstić information content (AvgIpc) is 1.55. The summed E-state index contributed by atoms with van der Waals surface area (Å²) < 4.78 is -0.750. The van der Waals surface area contributed by atoms with E-state index in [2.05, 4.69) is 396 Å². The lowest BCUT2D eigenvalue weighted by Crippen LogP contribution is -2.10. The van der Waals surface area contributed by atoms with Gasteiger partial charge < -0.3 is 9.80 Å². The van der Waals surface area contributed by atoms with E-state index in [0.717, 1.165) is 145 Å². The fourth-order valence-corrected chi connectivity index (χ4v) is 15.3. The van der Waals surface area contributed by atoms with Gasteiger partial charge in [-0.1, -0.05) is 361 Å². The largest absolute Gasteiger partial charge is 0.311 e. The molecule has 2 aliphatic carbocycles. The molecule has 4 nitrogen and oxygen atoms in total. The third kappa shape index (κ3) is 15.6. The van der Waals surface area contributed by atoms with Crippen LogP contribution in [-0.2, 0) is 21.7 Å². The molecule has 0 atom stereocenters. The van der Waals surface area contributed by atoms with E-state index in [4.69, 9.17) is 34.8 Å². The zero-order valence-corrected chi connectivity index (χ0v) is 66.9. The fourth-order valence-electron chi connectivity index (χ4n) is 15.3. The summed E-state index contributed by atoms with van der Waals surface area (Å²) in [5.41, 5.74) is 31.6. The molecular formula is C103H91Cl3N2O2. The summed E-state index contributed by atoms with van der Waals surface area (Å²) in [5, 5.41) is 0. The highest BCUT2D eigenvalue weighted by Crippen LogP contribution is 2.55. The SMILES string of the molecule is CC(C)(C)c1ccc(-c2cc(-c3ccc(N(c4ccccc4)c4ccccc4)cc3)c(-c3ccc(C(C)(C)C)cc3)c3c2C(=O)c2ccccc2-3)cc1.CC(C)(C)c1ccc(-c2cc(-c3ccc(N(c4ccccc4)c4ccccc4)cc3)c(-c3ccc(C(C)(C)C)cc3)c3c2C(=O)c2ccccc2-3)cc1.ClC(Cl)Cl. The van der Waals surface area contributed by atoms with Crippen LogP contribution in [-0.4, -0.2) is 15.9 Å². The molecule has 7 heteroatoms. The molecule has 546 valence electrons. The molecule has 0 spiro atoms. The molecule has 0 radical (unpaired) electrons. The van der Waals surface area contributed by atoms with Crippen LogP contribution in [0, 0.1) is 0 Å². The number of hydrogen-bond donors (Lipinski definition) is 0. The molecule has 0 aliphatic heterocycles. The number of nitrogens with zero attached hydrogens (tertiary/aromatic N) is 2. The number of alkyl halides is 3. The Morgan fingerprint density at radius 1 is 0.209 bits per heavy atom. The van der Waals surface area contributed by atoms with Gasteiger partial charge in [0.1, 0.15) is 0 Å². The fraction of sp³-hybridized carbons (Fsp3) is 0.165. The van der Waals surface area contributed by atoms with E-state index in [1.54, 1.807) is 0 Å². The molecule has 110 heavy (non-hydrogen) atoms. The van der Waals surface area contributed by atoms with Gasteiger partial charge in [-0.25, -0.2) is 0 Å². The highest BCUT2D eigenvalue weighted by molar-refractivity contribution is 6.63. The predicted molar refractivity (Wildman–Crippen MR) is 469 cm³/mol. The Hall–Kier alpha value is -11.1. The van der Waals surface area contributed by atoms with Crippen LogP contribution in [0.25, 0.3) is 89.0 Å². The van der Waals surface area contributed by atoms with Crippen LogP contribution in [0.2, 0.25) is 0 Å². The monoisotopic (exact) mass is 1490 g/mol. The van der Waals surface area contributed by atoms with Crippen LogP contribution in [0.15, 0.2) is 328 Å². The van der Waals surface area contributed by atoms with Crippen molar-refractivity contribution in [3.8, 4) is 89.0 Å². The molecule has 2 aliphatic rings. The maximum Gasteiger partial charge on any atom is 0.194 e. The first-order valence-electron chi connectivity index (χ1n) is 37.8. The van der Waals surface area contributed by atoms with E-state index >= 15 is 0 Å². The maximum atomic E-state index is 14.5. The third-order valence-corrected chi connectivity index (χ3v) is 21.1. The molecule has 0 saturated heterocycles. The van der Waals surface area contributed by atoms with Gasteiger partial charge >= 0.3 is 0 Å². The Labute approximate surface area is 665 Å². The summed E-state index contributed by atoms with van der Waals surface area (Å²) in [6.45, 7) is 26.9. The molecule has 0 unspecified atom stereocenters. The quantitative estimate of drug-likeness (QED) is 0.114. The van der Waals surface area contributed by atoms with Gasteiger partial charge in [0, 0.05) is 67.5 Å². The highest BCUT2D eigenvalue weighted by Gasteiger charge is 2.37. The molecular weight excluding hydrogens is 1400 g/mol. The lowest BCUT2D eigenvalue weighted by molar-refractivity contribution is 0.103. The van der Waals surface area contributed by atoms with Crippen molar-refractivity contribution < 1.29 is 9.59 Å². The number of fused-ring (bicyclic) bond motifs is 6. The van der Waals surface area contributed by atoms with Crippen LogP contribution in [0.3, 0.4) is 0 Å². The first-order chi connectivity index (χ1) is 52.7. The first kappa shape index (κ1) is 75.7. The van der Waals surface area contributed by atoms with E-state index in [0.29, 0.717) is 0 Å². The number of anilines is 6. The first-order valence-corrected chi connectivity index (χ1v) is 39.1. The van der Waals surface area contributed by atoms with E-state index in [-0.39, 0.29) is 33.2 Å². The smallest absolute Gasteiger partial charge is 0.194 e. The highest BCUT2D eigenvalue weighted by atomic mass is 35.6. The van der Waals surface area contributed by atoms with Crippen molar-refractivity contribution >= 4 is 80.5 Å². The Morgan fingerprint density at radius 3 is 0.636 bits per heavy atom. The zero-order valence-electron chi connectivity index (χ0n) is 64.6. The van der Waals surface area contributed by atoms with Crippen LogP contribution >= 0.6 is 34.8 Å². The Balaban J connectivity index is 0.000000175. The van der Waals surface area contributed by atoms with Crippen LogP contribution < -0.4 is 9.80 Å². The number of carbonyl (C=O) groups is 2. The van der Waals surface area contributed by atoms with E-state index in [9.17, 15) is 9.59 Å². The van der Waals surface area contributed by atoms with Gasteiger partial charge in [0.05, 0.1) is 0 Å². The molecule has 0 bridgehead atoms. The van der Waals surface area contributed by atoms with Crippen molar-refractivity contribution in [3.63, 3.8) is 0 Å². The number of ketones is 2. The van der Waals surface area contributed by atoms with Crippen molar-refractivity contribution in [2.75, 3.05) is 9.80 Å². The molecule has 14 aromatic carbocycles. The molecule has 0 aromatic heterocycles. The average molecular weight is 1500 g/mol. The second kappa shape index (κ2) is 31.1. The molecule has 0 N–H and O–H groups in total. The predicted octanol–water partition coefficient (Wildman–Crippen LogP) is 29.9. The molecule has 14 aromatic rings. The van der Waals surface area contributed by atoms with Crippen LogP contribution in [0.5, 0.6) is 0 Å². The molecule has 0 saturated carbocycles. The van der Waals surface area contributed by atoms with Crippen LogP contribution in [0.1, 0.15) is 137 Å². The van der Waals surface area contributed by atoms with Crippen molar-refractivity contribution in [3.05, 3.63) is 372 Å². The lowest BCUT2D eigenvalue weighted by atomic mass is 9.81. The Morgan fingerprint density at radius 2 is 0.400 bits per heavy atom. The molecule has 0 fully saturated rings. The van der Waals surface area contributed by atoms with Crippen molar-refractivity contribution in [1.82, 2.24) is 0 Å². The van der Waals surface area contributed by atoms with Crippen molar-refractivity contribution in [2.24, 2.45) is 0 Å². The van der Waals surface area contributed by atoms with Gasteiger partial charge in [-0.15, -0.1) is 0 Å². The molecule has 16 rings (SSSR count). The maximum absolute atomic E-state index is 14.5. The summed E-state index contributed by atoms with van der Waals surface area (Å²) in [6.07, 6.45) is 0. The number of carbonyl (C=O) groups excluding carboxylic acids is 2. The number of halogens is 3. The zero-order chi connectivity index (χ0) is 77.4. The lowest BCUT2D eigenvalue weighted by Gasteiger charge is -2.26. The van der Waals surface area contributed by atoms with Gasteiger partial charge in [-0.2, -0.15) is 0 Å². The second-order valence-electron chi connectivity index (χ2n) is 32.6. The van der Waals surface area contributed by atoms with Crippen LogP contribution in [0.4, 0.5) is 34.1 Å². The number of rotatable bonds is 12. The van der Waals surface area contributed by atoms with E-state index < -0.39 is 4.30 Å². The molecule has 0 heterocycles. The van der Waals surface area contributed by atoms with E-state index in [1.165, 1.54) is 22.3 Å². The summed E-state index contributed by atoms with van der Waals surface area (Å²) in [7, 11) is 0. The number of para-hydroxylation sites is 4.